The van der Waals surface area contributed by atoms with Crippen LogP contribution in [0.15, 0.2) is 0 Å². The average Bonchev–Trinajstić information content (AvgIpc) is 2.11. The molecule has 0 aliphatic carbocycles. The van der Waals surface area contributed by atoms with E-state index in [2.05, 4.69) is 0 Å². The van der Waals surface area contributed by atoms with E-state index in [1.54, 1.807) is 13.8 Å². The van der Waals surface area contributed by atoms with Gasteiger partial charge in [0.15, 0.2) is 5.92 Å². The first-order valence-corrected chi connectivity index (χ1v) is 4.43. The van der Waals surface area contributed by atoms with Crippen molar-refractivity contribution >= 4 is 0 Å². The Morgan fingerprint density at radius 1 is 1.40 bits per heavy atom. The smallest absolute Gasteiger partial charge is 0.394 e. The molecule has 0 bridgehead atoms. The van der Waals surface area contributed by atoms with E-state index in [0.29, 0.717) is 0 Å². The Kier molecular flexibility index (Phi) is 4.56. The van der Waals surface area contributed by atoms with E-state index in [1.165, 1.54) is 18.0 Å². The second-order valence-corrected chi connectivity index (χ2v) is 4.07. The van der Waals surface area contributed by atoms with Crippen molar-refractivity contribution in [2.45, 2.75) is 25.6 Å². The number of aliphatic hydroxyl groups excluding tert-OH is 1. The summed E-state index contributed by atoms with van der Waals surface area (Å²) >= 11 is 0. The third-order valence-corrected chi connectivity index (χ3v) is 2.43. The van der Waals surface area contributed by atoms with Crippen molar-refractivity contribution in [1.82, 2.24) is 4.90 Å². The highest BCUT2D eigenvalue weighted by atomic mass is 19.4. The highest BCUT2D eigenvalue weighted by Crippen LogP contribution is 2.27. The Balaban J connectivity index is 4.53. The number of likely N-dealkylation sites (N-methyl/N-ethyl adjacent to an activating group) is 1. The first-order valence-electron chi connectivity index (χ1n) is 4.43. The summed E-state index contributed by atoms with van der Waals surface area (Å²) in [5, 5.41) is 17.3. The number of hydrogen-bond acceptors (Lipinski definition) is 3. The molecule has 1 unspecified atom stereocenters. The standard InChI is InChI=1S/C9H15F3N2O/c1-8(2,6-15)14(3)5-7(4-13)9(10,11)12/h7,15H,5-6H2,1-3H3. The normalized spacial score (nSPS) is 15.1. The Hall–Kier alpha value is -0.800. The third-order valence-electron chi connectivity index (χ3n) is 2.43. The molecule has 3 nitrogen and oxygen atoms in total. The Morgan fingerprint density at radius 2 is 1.87 bits per heavy atom. The fraction of sp³-hybridized carbons (Fsp3) is 0.889. The summed E-state index contributed by atoms with van der Waals surface area (Å²) in [5.41, 5.74) is -0.764. The van der Waals surface area contributed by atoms with Gasteiger partial charge in [0.05, 0.1) is 12.7 Å². The van der Waals surface area contributed by atoms with E-state index < -0.39 is 24.2 Å². The zero-order valence-corrected chi connectivity index (χ0v) is 8.97. The highest BCUT2D eigenvalue weighted by molar-refractivity contribution is 4.92. The topological polar surface area (TPSA) is 47.3 Å². The molecule has 0 amide bonds. The van der Waals surface area contributed by atoms with Crippen molar-refractivity contribution in [2.24, 2.45) is 5.92 Å². The second kappa shape index (κ2) is 4.81. The van der Waals surface area contributed by atoms with Gasteiger partial charge < -0.3 is 5.11 Å². The molecule has 0 heterocycles. The lowest BCUT2D eigenvalue weighted by atomic mass is 10.0. The van der Waals surface area contributed by atoms with Gasteiger partial charge in [-0.05, 0) is 20.9 Å². The van der Waals surface area contributed by atoms with Gasteiger partial charge in [0.25, 0.3) is 0 Å². The van der Waals surface area contributed by atoms with Crippen LogP contribution >= 0.6 is 0 Å². The van der Waals surface area contributed by atoms with Crippen LogP contribution in [0.4, 0.5) is 13.2 Å². The van der Waals surface area contributed by atoms with Gasteiger partial charge in [0, 0.05) is 12.1 Å². The molecule has 0 saturated carbocycles. The number of nitriles is 1. The SMILES string of the molecule is CN(CC(C#N)C(F)(F)F)C(C)(C)CO. The zero-order valence-electron chi connectivity index (χ0n) is 8.97. The number of alkyl halides is 3. The van der Waals surface area contributed by atoms with Crippen LogP contribution in [0.2, 0.25) is 0 Å². The van der Waals surface area contributed by atoms with Crippen LogP contribution in [0.5, 0.6) is 0 Å². The average molecular weight is 224 g/mol. The number of hydrogen-bond donors (Lipinski definition) is 1. The van der Waals surface area contributed by atoms with Crippen LogP contribution in [-0.4, -0.2) is 41.9 Å². The third kappa shape index (κ3) is 4.06. The van der Waals surface area contributed by atoms with E-state index in [1.807, 2.05) is 0 Å². The van der Waals surface area contributed by atoms with E-state index in [4.69, 9.17) is 10.4 Å². The summed E-state index contributed by atoms with van der Waals surface area (Å²) in [6.45, 7) is 2.52. The van der Waals surface area contributed by atoms with Crippen LogP contribution in [-0.2, 0) is 0 Å². The van der Waals surface area contributed by atoms with Gasteiger partial charge in [-0.15, -0.1) is 0 Å². The number of nitrogens with zero attached hydrogens (tertiary/aromatic N) is 2. The summed E-state index contributed by atoms with van der Waals surface area (Å²) in [5.74, 6) is -2.02. The maximum Gasteiger partial charge on any atom is 0.405 e. The molecule has 1 atom stereocenters. The van der Waals surface area contributed by atoms with Crippen LogP contribution in [0.3, 0.4) is 0 Å². The summed E-state index contributed by atoms with van der Waals surface area (Å²) in [6, 6.07) is 1.22. The lowest BCUT2D eigenvalue weighted by molar-refractivity contribution is -0.165. The Labute approximate surface area is 87.1 Å². The molecule has 0 fully saturated rings. The predicted molar refractivity (Wildman–Crippen MR) is 49.0 cm³/mol. The molecular formula is C9H15F3N2O. The van der Waals surface area contributed by atoms with Crippen molar-refractivity contribution in [3.05, 3.63) is 0 Å². The maximum absolute atomic E-state index is 12.3. The lowest BCUT2D eigenvalue weighted by Crippen LogP contribution is -2.48. The molecule has 0 spiro atoms. The van der Waals surface area contributed by atoms with Crippen molar-refractivity contribution in [2.75, 3.05) is 20.2 Å². The molecular weight excluding hydrogens is 209 g/mol. The summed E-state index contributed by atoms with van der Waals surface area (Å²) < 4.78 is 36.8. The van der Waals surface area contributed by atoms with Crippen LogP contribution in [0.25, 0.3) is 0 Å². The number of halogens is 3. The van der Waals surface area contributed by atoms with E-state index in [-0.39, 0.29) is 6.61 Å². The molecule has 0 aromatic carbocycles. The molecule has 0 rings (SSSR count). The van der Waals surface area contributed by atoms with E-state index >= 15 is 0 Å². The lowest BCUT2D eigenvalue weighted by Gasteiger charge is -2.35. The van der Waals surface area contributed by atoms with Gasteiger partial charge in [0.2, 0.25) is 0 Å². The molecule has 0 aliphatic heterocycles. The molecule has 0 saturated heterocycles. The monoisotopic (exact) mass is 224 g/mol. The minimum absolute atomic E-state index is 0.264. The molecule has 0 radical (unpaired) electrons. The van der Waals surface area contributed by atoms with E-state index in [0.717, 1.165) is 0 Å². The van der Waals surface area contributed by atoms with Gasteiger partial charge in [-0.3, -0.25) is 4.90 Å². The van der Waals surface area contributed by atoms with Gasteiger partial charge in [-0.25, -0.2) is 0 Å². The maximum atomic E-state index is 12.3. The molecule has 0 aromatic heterocycles. The summed E-state index contributed by atoms with van der Waals surface area (Å²) in [4.78, 5) is 1.33. The molecule has 6 heteroatoms. The van der Waals surface area contributed by atoms with Crippen molar-refractivity contribution < 1.29 is 18.3 Å². The van der Waals surface area contributed by atoms with Gasteiger partial charge in [-0.1, -0.05) is 0 Å². The summed E-state index contributed by atoms with van der Waals surface area (Å²) in [7, 11) is 1.45. The quantitative estimate of drug-likeness (QED) is 0.785. The highest BCUT2D eigenvalue weighted by Gasteiger charge is 2.42. The van der Waals surface area contributed by atoms with Gasteiger partial charge >= 0.3 is 6.18 Å². The number of aliphatic hydroxyl groups is 1. The van der Waals surface area contributed by atoms with Crippen molar-refractivity contribution in [3.63, 3.8) is 0 Å². The predicted octanol–water partition coefficient (Wildman–Crippen LogP) is 1.39. The molecule has 0 aromatic rings. The minimum Gasteiger partial charge on any atom is -0.394 e. The largest absolute Gasteiger partial charge is 0.405 e. The Bertz CT molecular complexity index is 245. The van der Waals surface area contributed by atoms with Crippen LogP contribution < -0.4 is 0 Å². The first kappa shape index (κ1) is 14.2. The second-order valence-electron chi connectivity index (χ2n) is 4.07. The molecule has 1 N–H and O–H groups in total. The summed E-state index contributed by atoms with van der Waals surface area (Å²) in [6.07, 6.45) is -4.52. The molecule has 88 valence electrons. The van der Waals surface area contributed by atoms with Crippen LogP contribution in [0.1, 0.15) is 13.8 Å². The number of rotatable bonds is 4. The van der Waals surface area contributed by atoms with Crippen molar-refractivity contribution in [3.8, 4) is 6.07 Å². The minimum atomic E-state index is -4.52. The molecule has 15 heavy (non-hydrogen) atoms. The van der Waals surface area contributed by atoms with E-state index in [9.17, 15) is 13.2 Å². The van der Waals surface area contributed by atoms with Gasteiger partial charge in [-0.2, -0.15) is 18.4 Å². The van der Waals surface area contributed by atoms with Crippen LogP contribution in [0, 0.1) is 17.2 Å². The van der Waals surface area contributed by atoms with Gasteiger partial charge in [0.1, 0.15) is 0 Å². The fourth-order valence-electron chi connectivity index (χ4n) is 0.859. The Morgan fingerprint density at radius 3 is 2.13 bits per heavy atom. The zero-order chi connectivity index (χ0) is 12.3. The molecule has 0 aliphatic rings. The van der Waals surface area contributed by atoms with Crippen molar-refractivity contribution in [1.29, 1.82) is 5.26 Å². The fourth-order valence-corrected chi connectivity index (χ4v) is 0.859. The first-order chi connectivity index (χ1) is 6.65.